The van der Waals surface area contributed by atoms with Crippen LogP contribution in [-0.4, -0.2) is 25.6 Å². The minimum absolute atomic E-state index is 0.268. The number of carboxylic acids is 1. The lowest BCUT2D eigenvalue weighted by Crippen LogP contribution is -2.07. The maximum atomic E-state index is 11.2. The number of rotatable bonds is 5. The van der Waals surface area contributed by atoms with E-state index in [0.29, 0.717) is 5.82 Å². The van der Waals surface area contributed by atoms with E-state index >= 15 is 0 Å². The molecule has 0 unspecified atom stereocenters. The monoisotopic (exact) mass is 259 g/mol. The summed E-state index contributed by atoms with van der Waals surface area (Å²) in [5.74, 6) is 0.564. The van der Waals surface area contributed by atoms with E-state index in [1.54, 1.807) is 18.3 Å². The maximum Gasteiger partial charge on any atom is 0.335 e. The van der Waals surface area contributed by atoms with Gasteiger partial charge in [-0.25, -0.2) is 14.8 Å². The van der Waals surface area contributed by atoms with Gasteiger partial charge in [0.25, 0.3) is 0 Å². The molecule has 19 heavy (non-hydrogen) atoms. The zero-order valence-electron chi connectivity index (χ0n) is 11.1. The quantitative estimate of drug-likeness (QED) is 0.895. The van der Waals surface area contributed by atoms with Crippen LogP contribution in [0.2, 0.25) is 0 Å². The second-order valence-electron chi connectivity index (χ2n) is 4.33. The van der Waals surface area contributed by atoms with Crippen molar-refractivity contribution in [1.29, 1.82) is 0 Å². The fourth-order valence-electron chi connectivity index (χ4n) is 2.01. The number of hydrogen-bond donors (Lipinski definition) is 1. The predicted octanol–water partition coefficient (Wildman–Crippen LogP) is 2.48. The molecule has 5 nitrogen and oxygen atoms in total. The molecule has 0 aliphatic rings. The lowest BCUT2D eigenvalue weighted by Gasteiger charge is -2.09. The van der Waals surface area contributed by atoms with Crippen LogP contribution < -0.4 is 0 Å². The van der Waals surface area contributed by atoms with E-state index in [9.17, 15) is 9.90 Å². The molecule has 100 valence electrons. The molecule has 0 atom stereocenters. The normalized spacial score (nSPS) is 10.6. The van der Waals surface area contributed by atoms with Gasteiger partial charge >= 0.3 is 5.97 Å². The second-order valence-corrected chi connectivity index (χ2v) is 4.33. The van der Waals surface area contributed by atoms with Gasteiger partial charge in [0.1, 0.15) is 11.6 Å². The zero-order chi connectivity index (χ0) is 13.8. The Labute approximate surface area is 111 Å². The van der Waals surface area contributed by atoms with Gasteiger partial charge in [0.05, 0.1) is 5.56 Å². The van der Waals surface area contributed by atoms with E-state index in [-0.39, 0.29) is 5.56 Å². The third-order valence-electron chi connectivity index (χ3n) is 2.90. The highest BCUT2D eigenvalue weighted by molar-refractivity contribution is 5.88. The van der Waals surface area contributed by atoms with Crippen LogP contribution in [0.15, 0.2) is 24.5 Å². The van der Waals surface area contributed by atoms with Gasteiger partial charge in [-0.05, 0) is 18.6 Å². The molecule has 0 saturated heterocycles. The first kappa shape index (κ1) is 13.3. The second kappa shape index (κ2) is 5.65. The molecule has 2 aromatic rings. The maximum absolute atomic E-state index is 11.2. The van der Waals surface area contributed by atoms with E-state index in [0.717, 1.165) is 30.8 Å². The molecule has 0 fully saturated rings. The lowest BCUT2D eigenvalue weighted by atomic mass is 10.1. The van der Waals surface area contributed by atoms with Gasteiger partial charge in [-0.1, -0.05) is 20.3 Å². The molecule has 0 bridgehead atoms. The highest BCUT2D eigenvalue weighted by atomic mass is 16.4. The van der Waals surface area contributed by atoms with E-state index in [1.165, 1.54) is 0 Å². The van der Waals surface area contributed by atoms with Crippen molar-refractivity contribution in [3.05, 3.63) is 41.6 Å². The Morgan fingerprint density at radius 1 is 1.37 bits per heavy atom. The predicted molar refractivity (Wildman–Crippen MR) is 71.7 cm³/mol. The van der Waals surface area contributed by atoms with Crippen molar-refractivity contribution in [3.63, 3.8) is 0 Å². The van der Waals surface area contributed by atoms with E-state index in [1.807, 2.05) is 24.6 Å². The molecule has 0 aromatic carbocycles. The summed E-state index contributed by atoms with van der Waals surface area (Å²) in [6.45, 7) is 4.05. The van der Waals surface area contributed by atoms with Crippen molar-refractivity contribution in [2.24, 2.45) is 0 Å². The molecular weight excluding hydrogens is 242 g/mol. The number of aromatic carboxylic acids is 1. The molecule has 2 rings (SSSR count). The molecule has 0 aliphatic carbocycles. The third kappa shape index (κ3) is 2.81. The summed E-state index contributed by atoms with van der Waals surface area (Å²) in [7, 11) is 0. The first-order valence-electron chi connectivity index (χ1n) is 6.42. The lowest BCUT2D eigenvalue weighted by molar-refractivity contribution is 0.0696. The van der Waals surface area contributed by atoms with Crippen molar-refractivity contribution in [3.8, 4) is 5.82 Å². The fraction of sp³-hybridized carbons (Fsp3) is 0.357. The van der Waals surface area contributed by atoms with Gasteiger partial charge < -0.3 is 5.11 Å². The number of aromatic nitrogens is 3. The van der Waals surface area contributed by atoms with Crippen LogP contribution >= 0.6 is 0 Å². The van der Waals surface area contributed by atoms with E-state index < -0.39 is 5.97 Å². The molecule has 2 aromatic heterocycles. The first-order chi connectivity index (χ1) is 9.15. The third-order valence-corrected chi connectivity index (χ3v) is 2.90. The highest BCUT2D eigenvalue weighted by Gasteiger charge is 2.11. The SMILES string of the molecule is CCCc1cc(C(=O)O)cc(-n2ccnc2CC)n1. The summed E-state index contributed by atoms with van der Waals surface area (Å²) in [4.78, 5) is 19.9. The molecular formula is C14H17N3O2. The van der Waals surface area contributed by atoms with Crippen LogP contribution in [0.4, 0.5) is 0 Å². The van der Waals surface area contributed by atoms with Crippen LogP contribution in [0.5, 0.6) is 0 Å². The summed E-state index contributed by atoms with van der Waals surface area (Å²) >= 11 is 0. The van der Waals surface area contributed by atoms with Crippen molar-refractivity contribution in [2.75, 3.05) is 0 Å². The average molecular weight is 259 g/mol. The van der Waals surface area contributed by atoms with Crippen LogP contribution in [0.3, 0.4) is 0 Å². The number of hydrogen-bond acceptors (Lipinski definition) is 3. The van der Waals surface area contributed by atoms with E-state index in [2.05, 4.69) is 9.97 Å². The largest absolute Gasteiger partial charge is 0.478 e. The standard InChI is InChI=1S/C14H17N3O2/c1-3-5-11-8-10(14(18)19)9-13(16-11)17-7-6-15-12(17)4-2/h6-9H,3-5H2,1-2H3,(H,18,19). The Balaban J connectivity index is 2.52. The number of carbonyl (C=O) groups is 1. The number of imidazole rings is 1. The van der Waals surface area contributed by atoms with Gasteiger partial charge in [-0.2, -0.15) is 0 Å². The van der Waals surface area contributed by atoms with E-state index in [4.69, 9.17) is 0 Å². The number of carboxylic acid groups (broad SMARTS) is 1. The summed E-state index contributed by atoms with van der Waals surface area (Å²) in [6.07, 6.45) is 5.98. The van der Waals surface area contributed by atoms with Crippen molar-refractivity contribution in [1.82, 2.24) is 14.5 Å². The van der Waals surface area contributed by atoms with Crippen LogP contribution in [0.1, 0.15) is 42.1 Å². The molecule has 0 spiro atoms. The Hall–Kier alpha value is -2.17. The Morgan fingerprint density at radius 2 is 2.16 bits per heavy atom. The zero-order valence-corrected chi connectivity index (χ0v) is 11.1. The molecule has 0 saturated carbocycles. The topological polar surface area (TPSA) is 68.0 Å². The summed E-state index contributed by atoms with van der Waals surface area (Å²) in [6, 6.07) is 3.22. The number of aryl methyl sites for hydroxylation is 2. The number of pyridine rings is 1. The van der Waals surface area contributed by atoms with Crippen LogP contribution in [0.25, 0.3) is 5.82 Å². The Kier molecular flexibility index (Phi) is 3.94. The Morgan fingerprint density at radius 3 is 2.79 bits per heavy atom. The van der Waals surface area contributed by atoms with Crippen molar-refractivity contribution < 1.29 is 9.90 Å². The minimum Gasteiger partial charge on any atom is -0.478 e. The molecule has 5 heteroatoms. The van der Waals surface area contributed by atoms with Gasteiger partial charge in [0, 0.05) is 24.5 Å². The highest BCUT2D eigenvalue weighted by Crippen LogP contribution is 2.14. The van der Waals surface area contributed by atoms with Crippen molar-refractivity contribution in [2.45, 2.75) is 33.1 Å². The van der Waals surface area contributed by atoms with Gasteiger partial charge in [-0.3, -0.25) is 4.57 Å². The molecule has 0 amide bonds. The summed E-state index contributed by atoms with van der Waals surface area (Å²) < 4.78 is 1.84. The molecule has 0 aliphatic heterocycles. The van der Waals surface area contributed by atoms with Gasteiger partial charge in [0.2, 0.25) is 0 Å². The molecule has 2 heterocycles. The summed E-state index contributed by atoms with van der Waals surface area (Å²) in [5, 5.41) is 9.17. The van der Waals surface area contributed by atoms with Gasteiger partial charge in [-0.15, -0.1) is 0 Å². The van der Waals surface area contributed by atoms with Crippen LogP contribution in [-0.2, 0) is 12.8 Å². The van der Waals surface area contributed by atoms with Crippen LogP contribution in [0, 0.1) is 0 Å². The number of nitrogens with zero attached hydrogens (tertiary/aromatic N) is 3. The summed E-state index contributed by atoms with van der Waals surface area (Å²) in [5.41, 5.74) is 1.07. The molecule has 1 N–H and O–H groups in total. The Bertz CT molecular complexity index is 590. The fourth-order valence-corrected chi connectivity index (χ4v) is 2.01. The average Bonchev–Trinajstić information content (AvgIpc) is 2.87. The first-order valence-corrected chi connectivity index (χ1v) is 6.42. The smallest absolute Gasteiger partial charge is 0.335 e. The molecule has 0 radical (unpaired) electrons. The van der Waals surface area contributed by atoms with Crippen molar-refractivity contribution >= 4 is 5.97 Å². The minimum atomic E-state index is -0.931. The van der Waals surface area contributed by atoms with Gasteiger partial charge in [0.15, 0.2) is 0 Å².